The monoisotopic (exact) mass is 266 g/mol. The fourth-order valence-corrected chi connectivity index (χ4v) is 3.95. The van der Waals surface area contributed by atoms with Crippen LogP contribution in [0.15, 0.2) is 0 Å². The van der Waals surface area contributed by atoms with Crippen molar-refractivity contribution in [3.05, 3.63) is 0 Å². The fraction of sp³-hybridized carbons (Fsp3) is 0.941. The molecule has 2 aliphatic rings. The summed E-state index contributed by atoms with van der Waals surface area (Å²) in [5, 5.41) is 0. The molecule has 0 spiro atoms. The van der Waals surface area contributed by atoms with Crippen LogP contribution in [0.1, 0.15) is 78.6 Å². The zero-order chi connectivity index (χ0) is 13.9. The second-order valence-corrected chi connectivity index (χ2v) is 7.15. The van der Waals surface area contributed by atoms with Crippen LogP contribution in [0.4, 0.5) is 0 Å². The molecule has 2 nitrogen and oxygen atoms in total. The van der Waals surface area contributed by atoms with Gasteiger partial charge < -0.3 is 4.74 Å². The SMILES string of the molecule is CCCCCCCC1(C)CC[C@H]2C(C1)OC(=O)[C@@H]2C. The van der Waals surface area contributed by atoms with Crippen LogP contribution in [0.5, 0.6) is 0 Å². The predicted molar refractivity (Wildman–Crippen MR) is 77.9 cm³/mol. The van der Waals surface area contributed by atoms with Gasteiger partial charge >= 0.3 is 5.97 Å². The number of rotatable bonds is 6. The minimum atomic E-state index is 0.0437. The molecule has 1 saturated carbocycles. The van der Waals surface area contributed by atoms with Crippen molar-refractivity contribution in [1.82, 2.24) is 0 Å². The van der Waals surface area contributed by atoms with Gasteiger partial charge in [0.2, 0.25) is 0 Å². The van der Waals surface area contributed by atoms with Gasteiger partial charge in [0.05, 0.1) is 5.92 Å². The number of carbonyl (C=O) groups is 1. The average molecular weight is 266 g/mol. The number of ether oxygens (including phenoxy) is 1. The lowest BCUT2D eigenvalue weighted by atomic mass is 9.66. The third-order valence-electron chi connectivity index (χ3n) is 5.42. The normalized spacial score (nSPS) is 38.1. The Morgan fingerprint density at radius 2 is 2.00 bits per heavy atom. The Morgan fingerprint density at radius 1 is 1.26 bits per heavy atom. The number of hydrogen-bond donors (Lipinski definition) is 0. The van der Waals surface area contributed by atoms with Crippen LogP contribution in [0.25, 0.3) is 0 Å². The highest BCUT2D eigenvalue weighted by Gasteiger charge is 2.48. The third kappa shape index (κ3) is 3.52. The van der Waals surface area contributed by atoms with Crippen LogP contribution >= 0.6 is 0 Å². The van der Waals surface area contributed by atoms with Crippen molar-refractivity contribution >= 4 is 5.97 Å². The highest BCUT2D eigenvalue weighted by atomic mass is 16.6. The molecule has 1 saturated heterocycles. The molecule has 19 heavy (non-hydrogen) atoms. The topological polar surface area (TPSA) is 26.3 Å². The van der Waals surface area contributed by atoms with Crippen molar-refractivity contribution in [2.24, 2.45) is 17.3 Å². The minimum Gasteiger partial charge on any atom is -0.462 e. The van der Waals surface area contributed by atoms with Gasteiger partial charge in [0, 0.05) is 5.92 Å². The van der Waals surface area contributed by atoms with Crippen molar-refractivity contribution in [1.29, 1.82) is 0 Å². The van der Waals surface area contributed by atoms with Gasteiger partial charge in [-0.15, -0.1) is 0 Å². The van der Waals surface area contributed by atoms with E-state index in [1.54, 1.807) is 0 Å². The van der Waals surface area contributed by atoms with Crippen LogP contribution in [0.2, 0.25) is 0 Å². The molecule has 0 bridgehead atoms. The maximum absolute atomic E-state index is 11.7. The molecule has 2 heteroatoms. The van der Waals surface area contributed by atoms with E-state index >= 15 is 0 Å². The lowest BCUT2D eigenvalue weighted by molar-refractivity contribution is -0.145. The summed E-state index contributed by atoms with van der Waals surface area (Å²) in [6.45, 7) is 6.71. The Hall–Kier alpha value is -0.530. The second-order valence-electron chi connectivity index (χ2n) is 7.15. The summed E-state index contributed by atoms with van der Waals surface area (Å²) in [4.78, 5) is 11.7. The van der Waals surface area contributed by atoms with Crippen molar-refractivity contribution in [3.63, 3.8) is 0 Å². The van der Waals surface area contributed by atoms with E-state index in [1.807, 2.05) is 6.92 Å². The van der Waals surface area contributed by atoms with Gasteiger partial charge in [-0.1, -0.05) is 52.9 Å². The molecular weight excluding hydrogens is 236 g/mol. The maximum Gasteiger partial charge on any atom is 0.309 e. The summed E-state index contributed by atoms with van der Waals surface area (Å²) in [7, 11) is 0. The second kappa shape index (κ2) is 6.28. The van der Waals surface area contributed by atoms with Crippen LogP contribution in [-0.2, 0) is 9.53 Å². The molecule has 1 aliphatic carbocycles. The Labute approximate surface area is 118 Å². The summed E-state index contributed by atoms with van der Waals surface area (Å²) < 4.78 is 5.58. The van der Waals surface area contributed by atoms with E-state index < -0.39 is 0 Å². The smallest absolute Gasteiger partial charge is 0.309 e. The van der Waals surface area contributed by atoms with E-state index in [2.05, 4.69) is 13.8 Å². The Bertz CT molecular complexity index is 312. The molecule has 110 valence electrons. The molecule has 2 unspecified atom stereocenters. The van der Waals surface area contributed by atoms with E-state index in [4.69, 9.17) is 4.74 Å². The Morgan fingerprint density at radius 3 is 2.74 bits per heavy atom. The van der Waals surface area contributed by atoms with E-state index in [0.29, 0.717) is 11.3 Å². The molecule has 1 heterocycles. The largest absolute Gasteiger partial charge is 0.462 e. The van der Waals surface area contributed by atoms with E-state index in [9.17, 15) is 4.79 Å². The van der Waals surface area contributed by atoms with Crippen molar-refractivity contribution in [3.8, 4) is 0 Å². The Balaban J connectivity index is 1.77. The standard InChI is InChI=1S/C17H30O2/c1-4-5-6-7-8-10-17(3)11-9-14-13(2)16(18)19-15(14)12-17/h13-15H,4-12H2,1-3H3/t13-,14-,15?,17?/m1/s1. The summed E-state index contributed by atoms with van der Waals surface area (Å²) >= 11 is 0. The number of carbonyl (C=O) groups excluding carboxylic acids is 1. The first-order valence-corrected chi connectivity index (χ1v) is 8.26. The minimum absolute atomic E-state index is 0.0437. The van der Waals surface area contributed by atoms with Gasteiger partial charge in [-0.2, -0.15) is 0 Å². The molecule has 0 N–H and O–H groups in total. The summed E-state index contributed by atoms with van der Waals surface area (Å²) in [6.07, 6.45) is 11.9. The first-order chi connectivity index (χ1) is 9.06. The molecule has 4 atom stereocenters. The number of fused-ring (bicyclic) bond motifs is 1. The van der Waals surface area contributed by atoms with Gasteiger partial charge in [0.25, 0.3) is 0 Å². The molecule has 2 rings (SSSR count). The fourth-order valence-electron chi connectivity index (χ4n) is 3.95. The maximum atomic E-state index is 11.7. The number of hydrogen-bond acceptors (Lipinski definition) is 2. The van der Waals surface area contributed by atoms with Crippen LogP contribution in [-0.4, -0.2) is 12.1 Å². The number of esters is 1. The molecule has 0 aromatic carbocycles. The molecule has 1 aliphatic heterocycles. The summed E-state index contributed by atoms with van der Waals surface area (Å²) in [5.41, 5.74) is 0.414. The molecule has 0 aromatic heterocycles. The highest BCUT2D eigenvalue weighted by Crippen LogP contribution is 2.48. The zero-order valence-corrected chi connectivity index (χ0v) is 12.9. The van der Waals surface area contributed by atoms with Crippen LogP contribution in [0, 0.1) is 17.3 Å². The van der Waals surface area contributed by atoms with Crippen molar-refractivity contribution in [2.45, 2.75) is 84.7 Å². The lowest BCUT2D eigenvalue weighted by Gasteiger charge is -2.39. The Kier molecular flexibility index (Phi) is 4.92. The van der Waals surface area contributed by atoms with E-state index in [-0.39, 0.29) is 18.0 Å². The van der Waals surface area contributed by atoms with Gasteiger partial charge in [-0.3, -0.25) is 4.79 Å². The summed E-state index contributed by atoms with van der Waals surface area (Å²) in [6, 6.07) is 0. The van der Waals surface area contributed by atoms with E-state index in [1.165, 1.54) is 51.4 Å². The first-order valence-electron chi connectivity index (χ1n) is 8.26. The molecular formula is C17H30O2. The zero-order valence-electron chi connectivity index (χ0n) is 12.9. The van der Waals surface area contributed by atoms with Gasteiger partial charge in [0.1, 0.15) is 6.10 Å². The van der Waals surface area contributed by atoms with Crippen molar-refractivity contribution < 1.29 is 9.53 Å². The van der Waals surface area contributed by atoms with Gasteiger partial charge in [0.15, 0.2) is 0 Å². The molecule has 0 aromatic rings. The molecule has 2 fully saturated rings. The molecule has 0 amide bonds. The average Bonchev–Trinajstić information content (AvgIpc) is 2.64. The third-order valence-corrected chi connectivity index (χ3v) is 5.42. The molecule has 0 radical (unpaired) electrons. The first kappa shape index (κ1) is 14.9. The highest BCUT2D eigenvalue weighted by molar-refractivity contribution is 5.74. The lowest BCUT2D eigenvalue weighted by Crippen LogP contribution is -2.34. The van der Waals surface area contributed by atoms with Crippen molar-refractivity contribution in [2.75, 3.05) is 0 Å². The van der Waals surface area contributed by atoms with Gasteiger partial charge in [-0.25, -0.2) is 0 Å². The summed E-state index contributed by atoms with van der Waals surface area (Å²) in [5.74, 6) is 0.682. The van der Waals surface area contributed by atoms with Gasteiger partial charge in [-0.05, 0) is 31.1 Å². The van der Waals surface area contributed by atoms with Crippen LogP contribution in [0.3, 0.4) is 0 Å². The van der Waals surface area contributed by atoms with E-state index in [0.717, 1.165) is 6.42 Å². The quantitative estimate of drug-likeness (QED) is 0.514. The number of unbranched alkanes of at least 4 members (excludes halogenated alkanes) is 4. The predicted octanol–water partition coefficient (Wildman–Crippen LogP) is 4.71. The van der Waals surface area contributed by atoms with Crippen LogP contribution < -0.4 is 0 Å².